The van der Waals surface area contributed by atoms with E-state index in [0.29, 0.717) is 12.0 Å². The van der Waals surface area contributed by atoms with E-state index in [1.807, 2.05) is 0 Å². The smallest absolute Gasteiger partial charge is 0.0623 e. The molecule has 1 saturated carbocycles. The predicted molar refractivity (Wildman–Crippen MR) is 66.6 cm³/mol. The minimum absolute atomic E-state index is 0.570. The highest BCUT2D eigenvalue weighted by Gasteiger charge is 2.37. The third-order valence-electron chi connectivity index (χ3n) is 3.89. The molecule has 0 spiro atoms. The zero-order valence-electron chi connectivity index (χ0n) is 10.7. The summed E-state index contributed by atoms with van der Waals surface area (Å²) < 4.78 is 5.55. The van der Waals surface area contributed by atoms with Crippen molar-refractivity contribution in [3.8, 4) is 0 Å². The highest BCUT2D eigenvalue weighted by molar-refractivity contribution is 4.94. The van der Waals surface area contributed by atoms with E-state index in [1.54, 1.807) is 0 Å². The van der Waals surface area contributed by atoms with Gasteiger partial charge in [0.05, 0.1) is 13.2 Å². The lowest BCUT2D eigenvalue weighted by Crippen LogP contribution is -2.40. The molecular formula is C13H26N2O. The Balaban J connectivity index is 1.62. The van der Waals surface area contributed by atoms with Gasteiger partial charge in [0.1, 0.15) is 0 Å². The molecule has 2 rings (SSSR count). The Bertz CT molecular complexity index is 210. The van der Waals surface area contributed by atoms with Crippen molar-refractivity contribution >= 4 is 0 Å². The van der Waals surface area contributed by atoms with E-state index in [1.165, 1.54) is 19.3 Å². The molecule has 0 bridgehead atoms. The number of rotatable bonds is 7. The number of nitrogens with one attached hydrogen (secondary N) is 2. The van der Waals surface area contributed by atoms with E-state index < -0.39 is 0 Å². The van der Waals surface area contributed by atoms with Crippen LogP contribution in [0.2, 0.25) is 0 Å². The maximum Gasteiger partial charge on any atom is 0.0623 e. The van der Waals surface area contributed by atoms with Crippen LogP contribution in [-0.4, -0.2) is 38.4 Å². The Hall–Kier alpha value is -0.120. The van der Waals surface area contributed by atoms with E-state index in [4.69, 9.17) is 4.74 Å². The van der Waals surface area contributed by atoms with Gasteiger partial charge in [0.25, 0.3) is 0 Å². The van der Waals surface area contributed by atoms with Crippen molar-refractivity contribution in [2.24, 2.45) is 11.8 Å². The summed E-state index contributed by atoms with van der Waals surface area (Å²) in [4.78, 5) is 0. The molecule has 1 aliphatic heterocycles. The lowest BCUT2D eigenvalue weighted by molar-refractivity contribution is 0.182. The van der Waals surface area contributed by atoms with Crippen LogP contribution < -0.4 is 10.6 Å². The number of hydrogen-bond donors (Lipinski definition) is 2. The molecule has 16 heavy (non-hydrogen) atoms. The van der Waals surface area contributed by atoms with Gasteiger partial charge < -0.3 is 15.4 Å². The van der Waals surface area contributed by atoms with E-state index in [-0.39, 0.29) is 0 Å². The second-order valence-corrected chi connectivity index (χ2v) is 5.26. The molecule has 3 nitrogen and oxygen atoms in total. The van der Waals surface area contributed by atoms with Crippen LogP contribution in [0.4, 0.5) is 0 Å². The molecule has 0 radical (unpaired) electrons. The van der Waals surface area contributed by atoms with Gasteiger partial charge in [0.2, 0.25) is 0 Å². The second-order valence-electron chi connectivity index (χ2n) is 5.26. The minimum Gasteiger partial charge on any atom is -0.379 e. The van der Waals surface area contributed by atoms with Crippen molar-refractivity contribution in [1.29, 1.82) is 0 Å². The van der Waals surface area contributed by atoms with Gasteiger partial charge in [-0.2, -0.15) is 0 Å². The van der Waals surface area contributed by atoms with E-state index in [2.05, 4.69) is 24.5 Å². The maximum atomic E-state index is 5.55. The van der Waals surface area contributed by atoms with Crippen LogP contribution in [-0.2, 0) is 4.74 Å². The van der Waals surface area contributed by atoms with Crippen molar-refractivity contribution in [2.75, 3.05) is 26.3 Å². The average Bonchev–Trinajstić information content (AvgIpc) is 2.86. The van der Waals surface area contributed by atoms with E-state index in [9.17, 15) is 0 Å². The molecule has 0 aromatic rings. The monoisotopic (exact) mass is 226 g/mol. The maximum absolute atomic E-state index is 5.55. The fraction of sp³-hybridized carbons (Fsp3) is 1.00. The third-order valence-corrected chi connectivity index (χ3v) is 3.89. The van der Waals surface area contributed by atoms with Crippen molar-refractivity contribution in [3.05, 3.63) is 0 Å². The normalized spacial score (nSPS) is 37.9. The lowest BCUT2D eigenvalue weighted by atomic mass is 10.0. The van der Waals surface area contributed by atoms with Crippen molar-refractivity contribution < 1.29 is 4.74 Å². The Labute approximate surface area is 99.3 Å². The second kappa shape index (κ2) is 5.99. The third kappa shape index (κ3) is 3.19. The molecule has 1 saturated heterocycles. The summed E-state index contributed by atoms with van der Waals surface area (Å²) in [6.07, 6.45) is 4.12. The first-order chi connectivity index (χ1) is 7.85. The number of likely N-dealkylation sites (N-methyl/N-ethyl adjacent to an activating group) is 1. The van der Waals surface area contributed by atoms with Gasteiger partial charge in [0.15, 0.2) is 0 Å². The summed E-state index contributed by atoms with van der Waals surface area (Å²) >= 11 is 0. The molecule has 2 N–H and O–H groups in total. The van der Waals surface area contributed by atoms with Gasteiger partial charge in [0, 0.05) is 24.5 Å². The number of ether oxygens (including phenoxy) is 1. The van der Waals surface area contributed by atoms with Crippen molar-refractivity contribution in [2.45, 2.75) is 45.2 Å². The lowest BCUT2D eigenvalue weighted by Gasteiger charge is -2.18. The molecule has 94 valence electrons. The summed E-state index contributed by atoms with van der Waals surface area (Å²) in [7, 11) is 0. The van der Waals surface area contributed by atoms with Crippen LogP contribution in [0.25, 0.3) is 0 Å². The first kappa shape index (κ1) is 12.3. The zero-order chi connectivity index (χ0) is 11.4. The van der Waals surface area contributed by atoms with Gasteiger partial charge in [-0.15, -0.1) is 0 Å². The first-order valence-corrected chi connectivity index (χ1v) is 6.89. The molecule has 3 heteroatoms. The Morgan fingerprint density at radius 2 is 1.94 bits per heavy atom. The predicted octanol–water partition coefficient (Wildman–Crippen LogP) is 1.39. The fourth-order valence-electron chi connectivity index (χ4n) is 2.78. The summed E-state index contributed by atoms with van der Waals surface area (Å²) in [5.41, 5.74) is 0. The largest absolute Gasteiger partial charge is 0.379 e. The molecule has 0 amide bonds. The average molecular weight is 226 g/mol. The van der Waals surface area contributed by atoms with E-state index >= 15 is 0 Å². The highest BCUT2D eigenvalue weighted by Crippen LogP contribution is 2.34. The molecule has 2 aliphatic rings. The Morgan fingerprint density at radius 3 is 2.69 bits per heavy atom. The molecule has 4 atom stereocenters. The molecule has 1 heterocycles. The van der Waals surface area contributed by atoms with Gasteiger partial charge >= 0.3 is 0 Å². The minimum atomic E-state index is 0.570. The van der Waals surface area contributed by atoms with Crippen LogP contribution in [0.3, 0.4) is 0 Å². The van der Waals surface area contributed by atoms with E-state index in [0.717, 1.165) is 38.3 Å². The van der Waals surface area contributed by atoms with Crippen LogP contribution in [0, 0.1) is 11.8 Å². The topological polar surface area (TPSA) is 33.3 Å². The highest BCUT2D eigenvalue weighted by atomic mass is 16.5. The van der Waals surface area contributed by atoms with Crippen LogP contribution in [0.1, 0.15) is 33.1 Å². The van der Waals surface area contributed by atoms with Crippen LogP contribution in [0.15, 0.2) is 0 Å². The zero-order valence-corrected chi connectivity index (χ0v) is 10.7. The van der Waals surface area contributed by atoms with Crippen LogP contribution in [0.5, 0.6) is 0 Å². The Morgan fingerprint density at radius 1 is 1.06 bits per heavy atom. The van der Waals surface area contributed by atoms with Gasteiger partial charge in [-0.1, -0.05) is 20.3 Å². The molecule has 0 aromatic carbocycles. The quantitative estimate of drug-likeness (QED) is 0.688. The summed E-state index contributed by atoms with van der Waals surface area (Å²) in [6.45, 7) is 8.44. The Kier molecular flexibility index (Phi) is 4.62. The SMILES string of the molecule is CCCC1CC1NCC1COCC1NCC. The van der Waals surface area contributed by atoms with Crippen molar-refractivity contribution in [3.63, 3.8) is 0 Å². The number of hydrogen-bond acceptors (Lipinski definition) is 3. The molecular weight excluding hydrogens is 200 g/mol. The van der Waals surface area contributed by atoms with Gasteiger partial charge in [-0.25, -0.2) is 0 Å². The molecule has 1 aliphatic carbocycles. The summed E-state index contributed by atoms with van der Waals surface area (Å²) in [6, 6.07) is 1.38. The van der Waals surface area contributed by atoms with Crippen LogP contribution >= 0.6 is 0 Å². The molecule has 4 unspecified atom stereocenters. The fourth-order valence-corrected chi connectivity index (χ4v) is 2.78. The van der Waals surface area contributed by atoms with Crippen molar-refractivity contribution in [1.82, 2.24) is 10.6 Å². The van der Waals surface area contributed by atoms with Gasteiger partial charge in [-0.3, -0.25) is 0 Å². The first-order valence-electron chi connectivity index (χ1n) is 6.89. The molecule has 0 aromatic heterocycles. The summed E-state index contributed by atoms with van der Waals surface area (Å²) in [5, 5.41) is 7.21. The van der Waals surface area contributed by atoms with Gasteiger partial charge in [-0.05, 0) is 25.3 Å². The summed E-state index contributed by atoms with van der Waals surface area (Å²) in [5.74, 6) is 1.63. The standard InChI is InChI=1S/C13H26N2O/c1-3-5-10-6-12(10)15-7-11-8-16-9-13(11)14-4-2/h10-15H,3-9H2,1-2H3. The molecule has 2 fully saturated rings.